The maximum absolute atomic E-state index is 12.1. The summed E-state index contributed by atoms with van der Waals surface area (Å²) in [7, 11) is -1.29. The fourth-order valence-corrected chi connectivity index (χ4v) is 4.23. The summed E-state index contributed by atoms with van der Waals surface area (Å²) in [6.45, 7) is 3.98. The molecule has 2 heterocycles. The molecule has 22 heavy (non-hydrogen) atoms. The van der Waals surface area contributed by atoms with Crippen molar-refractivity contribution in [3.63, 3.8) is 0 Å². The molecular formula is C14H23N3O4S. The minimum Gasteiger partial charge on any atom is -0.342 e. The van der Waals surface area contributed by atoms with E-state index in [0.717, 1.165) is 0 Å². The van der Waals surface area contributed by atoms with Gasteiger partial charge in [0.05, 0.1) is 11.5 Å². The predicted octanol–water partition coefficient (Wildman–Crippen LogP) is 1.16. The Morgan fingerprint density at radius 1 is 1.45 bits per heavy atom. The topological polar surface area (TPSA) is 93.4 Å². The number of hydrogen-bond donors (Lipinski definition) is 0. The van der Waals surface area contributed by atoms with Crippen molar-refractivity contribution in [2.45, 2.75) is 51.5 Å². The largest absolute Gasteiger partial charge is 0.342 e. The Balaban J connectivity index is 1.77. The third kappa shape index (κ3) is 4.28. The molecule has 1 aromatic rings. The number of aromatic nitrogens is 2. The number of carbonyl (C=O) groups is 1. The van der Waals surface area contributed by atoms with Crippen LogP contribution in [0.15, 0.2) is 4.52 Å². The van der Waals surface area contributed by atoms with Gasteiger partial charge in [0, 0.05) is 31.8 Å². The van der Waals surface area contributed by atoms with E-state index in [-0.39, 0.29) is 29.4 Å². The van der Waals surface area contributed by atoms with Crippen LogP contribution < -0.4 is 0 Å². The lowest BCUT2D eigenvalue weighted by atomic mass is 10.2. The summed E-state index contributed by atoms with van der Waals surface area (Å²) >= 11 is 0. The third-order valence-corrected chi connectivity index (χ3v) is 5.68. The highest BCUT2D eigenvalue weighted by atomic mass is 32.2. The minimum absolute atomic E-state index is 0.0364. The highest BCUT2D eigenvalue weighted by Gasteiger charge is 2.32. The van der Waals surface area contributed by atoms with Gasteiger partial charge in [-0.25, -0.2) is 8.42 Å². The van der Waals surface area contributed by atoms with E-state index in [2.05, 4.69) is 10.1 Å². The van der Waals surface area contributed by atoms with Gasteiger partial charge in [-0.15, -0.1) is 0 Å². The van der Waals surface area contributed by atoms with Gasteiger partial charge in [0.2, 0.25) is 11.8 Å². The van der Waals surface area contributed by atoms with Gasteiger partial charge in [0.1, 0.15) is 0 Å². The summed E-state index contributed by atoms with van der Waals surface area (Å²) in [5.74, 6) is 1.66. The first kappa shape index (κ1) is 16.9. The molecular weight excluding hydrogens is 306 g/mol. The van der Waals surface area contributed by atoms with Gasteiger partial charge in [-0.2, -0.15) is 4.98 Å². The maximum Gasteiger partial charge on any atom is 0.226 e. The van der Waals surface area contributed by atoms with Crippen LogP contribution in [0.3, 0.4) is 0 Å². The summed E-state index contributed by atoms with van der Waals surface area (Å²) in [6, 6.07) is -0.187. The Morgan fingerprint density at radius 2 is 2.18 bits per heavy atom. The molecule has 0 saturated carbocycles. The number of aryl methyl sites for hydroxylation is 1. The lowest BCUT2D eigenvalue weighted by Crippen LogP contribution is -2.37. The number of carbonyl (C=O) groups excluding carboxylic acids is 1. The SMILES string of the molecule is CC(C)c1noc(CCCC(=O)N(C)[C@H]2CCS(=O)(=O)C2)n1. The monoisotopic (exact) mass is 329 g/mol. The molecule has 0 bridgehead atoms. The predicted molar refractivity (Wildman–Crippen MR) is 81.2 cm³/mol. The summed E-state index contributed by atoms with van der Waals surface area (Å²) in [6.07, 6.45) is 2.06. The molecule has 7 nitrogen and oxygen atoms in total. The average molecular weight is 329 g/mol. The van der Waals surface area contributed by atoms with Crippen LogP contribution in [0.4, 0.5) is 0 Å². The van der Waals surface area contributed by atoms with Crippen LogP contribution in [0.5, 0.6) is 0 Å². The molecule has 2 rings (SSSR count). The molecule has 1 amide bonds. The molecule has 1 fully saturated rings. The second kappa shape index (κ2) is 6.76. The standard InChI is InChI=1S/C14H23N3O4S/c1-10(2)14-15-12(21-16-14)5-4-6-13(18)17(3)11-7-8-22(19,20)9-11/h10-11H,4-9H2,1-3H3/t11-/m0/s1. The number of rotatable bonds is 6. The normalized spacial score (nSPS) is 20.5. The lowest BCUT2D eigenvalue weighted by Gasteiger charge is -2.23. The van der Waals surface area contributed by atoms with Crippen LogP contribution in [0.25, 0.3) is 0 Å². The van der Waals surface area contributed by atoms with Gasteiger partial charge in [-0.05, 0) is 12.8 Å². The van der Waals surface area contributed by atoms with Crippen LogP contribution in [0.1, 0.15) is 50.7 Å². The van der Waals surface area contributed by atoms with Gasteiger partial charge in [0.25, 0.3) is 0 Å². The number of hydrogen-bond acceptors (Lipinski definition) is 6. The van der Waals surface area contributed by atoms with Gasteiger partial charge in [0.15, 0.2) is 15.7 Å². The Morgan fingerprint density at radius 3 is 2.73 bits per heavy atom. The number of amides is 1. The van der Waals surface area contributed by atoms with Crippen LogP contribution >= 0.6 is 0 Å². The molecule has 1 atom stereocenters. The summed E-state index contributed by atoms with van der Waals surface area (Å²) in [5, 5.41) is 3.88. The van der Waals surface area contributed by atoms with E-state index >= 15 is 0 Å². The zero-order valence-electron chi connectivity index (χ0n) is 13.3. The van der Waals surface area contributed by atoms with Gasteiger partial charge >= 0.3 is 0 Å². The smallest absolute Gasteiger partial charge is 0.226 e. The highest BCUT2D eigenvalue weighted by Crippen LogP contribution is 2.18. The summed E-state index contributed by atoms with van der Waals surface area (Å²) < 4.78 is 28.0. The molecule has 124 valence electrons. The zero-order valence-corrected chi connectivity index (χ0v) is 14.1. The van der Waals surface area contributed by atoms with Gasteiger partial charge in [-0.1, -0.05) is 19.0 Å². The molecule has 1 saturated heterocycles. The highest BCUT2D eigenvalue weighted by molar-refractivity contribution is 7.91. The maximum atomic E-state index is 12.1. The Labute approximate surface area is 131 Å². The Kier molecular flexibility index (Phi) is 5.20. The summed E-state index contributed by atoms with van der Waals surface area (Å²) in [5.41, 5.74) is 0. The van der Waals surface area contributed by atoms with E-state index in [1.54, 1.807) is 11.9 Å². The van der Waals surface area contributed by atoms with Crippen molar-refractivity contribution < 1.29 is 17.7 Å². The second-order valence-corrected chi connectivity index (χ2v) is 8.34. The first-order chi connectivity index (χ1) is 10.3. The van der Waals surface area contributed by atoms with Gasteiger partial charge in [-0.3, -0.25) is 4.79 Å². The van der Waals surface area contributed by atoms with Gasteiger partial charge < -0.3 is 9.42 Å². The molecule has 8 heteroatoms. The lowest BCUT2D eigenvalue weighted by molar-refractivity contribution is -0.131. The average Bonchev–Trinajstić information content (AvgIpc) is 3.04. The molecule has 0 N–H and O–H groups in total. The molecule has 0 radical (unpaired) electrons. The van der Waals surface area contributed by atoms with Crippen LogP contribution in [0, 0.1) is 0 Å². The number of nitrogens with zero attached hydrogens (tertiary/aromatic N) is 3. The minimum atomic E-state index is -2.97. The third-order valence-electron chi connectivity index (χ3n) is 3.93. The Hall–Kier alpha value is -1.44. The van der Waals surface area contributed by atoms with Crippen molar-refractivity contribution in [2.24, 2.45) is 0 Å². The molecule has 1 aromatic heterocycles. The van der Waals surface area contributed by atoms with Crippen LogP contribution in [-0.2, 0) is 21.1 Å². The first-order valence-electron chi connectivity index (χ1n) is 7.57. The van der Waals surface area contributed by atoms with E-state index in [1.165, 1.54) is 0 Å². The van der Waals surface area contributed by atoms with E-state index in [1.807, 2.05) is 13.8 Å². The van der Waals surface area contributed by atoms with E-state index < -0.39 is 9.84 Å². The van der Waals surface area contributed by atoms with E-state index in [9.17, 15) is 13.2 Å². The van der Waals surface area contributed by atoms with Crippen molar-refractivity contribution in [1.82, 2.24) is 15.0 Å². The molecule has 0 aromatic carbocycles. The van der Waals surface area contributed by atoms with Crippen molar-refractivity contribution in [2.75, 3.05) is 18.6 Å². The molecule has 1 aliphatic heterocycles. The molecule has 0 unspecified atom stereocenters. The van der Waals surface area contributed by atoms with Crippen molar-refractivity contribution >= 4 is 15.7 Å². The quantitative estimate of drug-likeness (QED) is 0.777. The van der Waals surface area contributed by atoms with E-state index in [0.29, 0.717) is 37.4 Å². The zero-order chi connectivity index (χ0) is 16.3. The van der Waals surface area contributed by atoms with E-state index in [4.69, 9.17) is 4.52 Å². The fourth-order valence-electron chi connectivity index (χ4n) is 2.46. The van der Waals surface area contributed by atoms with Crippen LogP contribution in [0.2, 0.25) is 0 Å². The number of sulfone groups is 1. The summed E-state index contributed by atoms with van der Waals surface area (Å²) in [4.78, 5) is 17.9. The fraction of sp³-hybridized carbons (Fsp3) is 0.786. The van der Waals surface area contributed by atoms with Crippen LogP contribution in [-0.4, -0.2) is 54.0 Å². The van der Waals surface area contributed by atoms with Crippen molar-refractivity contribution in [1.29, 1.82) is 0 Å². The Bertz CT molecular complexity index is 624. The van der Waals surface area contributed by atoms with Crippen molar-refractivity contribution in [3.05, 3.63) is 11.7 Å². The molecule has 1 aliphatic rings. The molecule has 0 aliphatic carbocycles. The second-order valence-electron chi connectivity index (χ2n) is 6.12. The van der Waals surface area contributed by atoms with Crippen molar-refractivity contribution in [3.8, 4) is 0 Å². The first-order valence-corrected chi connectivity index (χ1v) is 9.39. The molecule has 0 spiro atoms.